The van der Waals surface area contributed by atoms with Crippen LogP contribution in [0.2, 0.25) is 10.0 Å². The summed E-state index contributed by atoms with van der Waals surface area (Å²) in [6.07, 6.45) is 0. The third-order valence-electron chi connectivity index (χ3n) is 5.84. The number of thiophene rings is 1. The predicted molar refractivity (Wildman–Crippen MR) is 149 cm³/mol. The van der Waals surface area contributed by atoms with Gasteiger partial charge >= 0.3 is 11.9 Å². The highest BCUT2D eigenvalue weighted by Gasteiger charge is 2.23. The van der Waals surface area contributed by atoms with Crippen LogP contribution in [-0.4, -0.2) is 46.3 Å². The van der Waals surface area contributed by atoms with E-state index in [-0.39, 0.29) is 38.2 Å². The molecule has 1 heterocycles. The summed E-state index contributed by atoms with van der Waals surface area (Å²) < 4.78 is 21.8. The summed E-state index contributed by atoms with van der Waals surface area (Å²) in [6, 6.07) is 9.71. The van der Waals surface area contributed by atoms with Gasteiger partial charge in [0.25, 0.3) is 5.91 Å². The smallest absolute Gasteiger partial charge is 0.339 e. The fourth-order valence-electron chi connectivity index (χ4n) is 3.93. The van der Waals surface area contributed by atoms with Gasteiger partial charge in [-0.05, 0) is 36.4 Å². The van der Waals surface area contributed by atoms with Crippen molar-refractivity contribution < 1.29 is 33.3 Å². The van der Waals surface area contributed by atoms with E-state index in [1.165, 1.54) is 39.8 Å². The summed E-state index contributed by atoms with van der Waals surface area (Å²) in [7, 11) is 5.40. The van der Waals surface area contributed by atoms with Gasteiger partial charge in [0.1, 0.15) is 0 Å². The van der Waals surface area contributed by atoms with Crippen molar-refractivity contribution in [3.63, 3.8) is 0 Å². The molecule has 0 fully saturated rings. The van der Waals surface area contributed by atoms with Gasteiger partial charge in [-0.3, -0.25) is 4.79 Å². The number of amides is 1. The minimum absolute atomic E-state index is 0.0395. The van der Waals surface area contributed by atoms with Crippen molar-refractivity contribution in [2.75, 3.05) is 33.8 Å². The zero-order valence-corrected chi connectivity index (χ0v) is 23.0. The van der Waals surface area contributed by atoms with Crippen LogP contribution in [0.5, 0.6) is 11.5 Å². The average molecular weight is 574 g/mol. The highest BCUT2D eigenvalue weighted by molar-refractivity contribution is 7.25. The molecule has 0 unspecified atom stereocenters. The van der Waals surface area contributed by atoms with Crippen molar-refractivity contribution in [1.29, 1.82) is 0 Å². The van der Waals surface area contributed by atoms with Gasteiger partial charge in [-0.1, -0.05) is 29.8 Å². The molecule has 0 radical (unpaired) electrons. The van der Waals surface area contributed by atoms with Crippen molar-refractivity contribution in [2.45, 2.75) is 0 Å². The first-order valence-electron chi connectivity index (χ1n) is 10.9. The van der Waals surface area contributed by atoms with Gasteiger partial charge in [-0.15, -0.1) is 11.3 Å². The number of fused-ring (bicyclic) bond motifs is 3. The Hall–Kier alpha value is -3.79. The molecular formula is C27H21Cl2NO7S. The van der Waals surface area contributed by atoms with E-state index >= 15 is 0 Å². The van der Waals surface area contributed by atoms with E-state index < -0.39 is 17.8 Å². The SMILES string of the molecule is C=C(C(=O)Nc1cc2sc3cc(Cl)c(C(=O)OC)cc3c2cc1C(=O)OC)c1ccc(OC)c(OC)c1Cl. The van der Waals surface area contributed by atoms with Gasteiger partial charge in [0.05, 0.1) is 55.3 Å². The molecule has 0 saturated heterocycles. The second-order valence-electron chi connectivity index (χ2n) is 7.90. The summed E-state index contributed by atoms with van der Waals surface area (Å²) in [5.74, 6) is -1.19. The summed E-state index contributed by atoms with van der Waals surface area (Å²) >= 11 is 14.1. The second-order valence-corrected chi connectivity index (χ2v) is 9.77. The van der Waals surface area contributed by atoms with Crippen molar-refractivity contribution in [3.05, 3.63) is 69.7 Å². The van der Waals surface area contributed by atoms with E-state index in [4.69, 9.17) is 42.1 Å². The highest BCUT2D eigenvalue weighted by atomic mass is 35.5. The molecule has 3 aromatic carbocycles. The Kier molecular flexibility index (Phi) is 7.82. The number of halogens is 2. The Morgan fingerprint density at radius 3 is 2.03 bits per heavy atom. The number of ether oxygens (including phenoxy) is 4. The van der Waals surface area contributed by atoms with Crippen LogP contribution in [-0.2, 0) is 14.3 Å². The van der Waals surface area contributed by atoms with E-state index in [0.717, 1.165) is 9.40 Å². The van der Waals surface area contributed by atoms with Crippen LogP contribution in [0, 0.1) is 0 Å². The lowest BCUT2D eigenvalue weighted by atomic mass is 10.0. The third-order valence-corrected chi connectivity index (χ3v) is 7.65. The van der Waals surface area contributed by atoms with Gasteiger partial charge in [0.2, 0.25) is 0 Å². The van der Waals surface area contributed by atoms with Crippen molar-refractivity contribution in [1.82, 2.24) is 0 Å². The Labute approximate surface area is 231 Å². The average Bonchev–Trinajstić information content (AvgIpc) is 3.26. The zero-order valence-electron chi connectivity index (χ0n) is 20.7. The van der Waals surface area contributed by atoms with Crippen LogP contribution in [0.25, 0.3) is 25.7 Å². The number of benzene rings is 3. The zero-order chi connectivity index (χ0) is 27.7. The molecule has 0 spiro atoms. The molecule has 4 rings (SSSR count). The quantitative estimate of drug-likeness (QED) is 0.196. The van der Waals surface area contributed by atoms with Gasteiger partial charge in [-0.2, -0.15) is 0 Å². The Morgan fingerprint density at radius 2 is 1.42 bits per heavy atom. The van der Waals surface area contributed by atoms with Crippen molar-refractivity contribution in [3.8, 4) is 11.5 Å². The molecule has 0 aliphatic heterocycles. The van der Waals surface area contributed by atoms with E-state index in [0.29, 0.717) is 22.1 Å². The fourth-order valence-corrected chi connectivity index (χ4v) is 5.74. The molecule has 0 aliphatic carbocycles. The molecule has 1 amide bonds. The maximum absolute atomic E-state index is 13.2. The van der Waals surface area contributed by atoms with Crippen LogP contribution >= 0.6 is 34.5 Å². The number of methoxy groups -OCH3 is 4. The maximum Gasteiger partial charge on any atom is 0.339 e. The molecule has 0 aliphatic rings. The van der Waals surface area contributed by atoms with Crippen LogP contribution in [0.1, 0.15) is 26.3 Å². The maximum atomic E-state index is 13.2. The standard InChI is InChI=1S/C27H21Cl2NO7S/c1-12(13-6-7-20(34-2)24(35-3)23(13)29)25(31)30-19-11-22-15(9-17(19)27(33)37-5)14-8-16(26(32)36-4)18(28)10-21(14)38-22/h6-11H,1H2,2-5H3,(H,30,31). The van der Waals surface area contributed by atoms with E-state index in [9.17, 15) is 14.4 Å². The number of nitrogens with one attached hydrogen (secondary N) is 1. The molecule has 0 atom stereocenters. The number of carbonyl (C=O) groups excluding carboxylic acids is 3. The first kappa shape index (κ1) is 27.3. The number of esters is 2. The van der Waals surface area contributed by atoms with Gasteiger partial charge in [-0.25, -0.2) is 9.59 Å². The molecule has 0 bridgehead atoms. The Morgan fingerprint density at radius 1 is 0.816 bits per heavy atom. The molecule has 1 N–H and O–H groups in total. The lowest BCUT2D eigenvalue weighted by Crippen LogP contribution is -2.16. The lowest BCUT2D eigenvalue weighted by molar-refractivity contribution is -0.111. The number of rotatable bonds is 7. The van der Waals surface area contributed by atoms with E-state index in [1.807, 2.05) is 0 Å². The molecule has 11 heteroatoms. The summed E-state index contributed by atoms with van der Waals surface area (Å²) in [4.78, 5) is 38.1. The van der Waals surface area contributed by atoms with Crippen LogP contribution < -0.4 is 14.8 Å². The van der Waals surface area contributed by atoms with E-state index in [1.54, 1.807) is 36.4 Å². The minimum Gasteiger partial charge on any atom is -0.493 e. The van der Waals surface area contributed by atoms with Crippen molar-refractivity contribution in [2.24, 2.45) is 0 Å². The molecule has 196 valence electrons. The van der Waals surface area contributed by atoms with Gasteiger partial charge in [0, 0.05) is 31.3 Å². The fraction of sp³-hybridized carbons (Fsp3) is 0.148. The third kappa shape index (κ3) is 4.76. The molecule has 38 heavy (non-hydrogen) atoms. The van der Waals surface area contributed by atoms with Crippen LogP contribution in [0.3, 0.4) is 0 Å². The number of hydrogen-bond donors (Lipinski definition) is 1. The summed E-state index contributed by atoms with van der Waals surface area (Å²) in [5.41, 5.74) is 0.875. The molecular weight excluding hydrogens is 553 g/mol. The topological polar surface area (TPSA) is 100 Å². The van der Waals surface area contributed by atoms with Crippen molar-refractivity contribution >= 4 is 83.8 Å². The monoisotopic (exact) mass is 573 g/mol. The largest absolute Gasteiger partial charge is 0.493 e. The number of carbonyl (C=O) groups is 3. The number of anilines is 1. The second kappa shape index (κ2) is 10.9. The van der Waals surface area contributed by atoms with Gasteiger partial charge in [0.15, 0.2) is 11.5 Å². The van der Waals surface area contributed by atoms with Gasteiger partial charge < -0.3 is 24.3 Å². The first-order valence-corrected chi connectivity index (χ1v) is 12.5. The Balaban J connectivity index is 1.79. The summed E-state index contributed by atoms with van der Waals surface area (Å²) in [5, 5.41) is 4.50. The van der Waals surface area contributed by atoms with E-state index in [2.05, 4.69) is 11.9 Å². The lowest BCUT2D eigenvalue weighted by Gasteiger charge is -2.15. The predicted octanol–water partition coefficient (Wildman–Crippen LogP) is 6.60. The minimum atomic E-state index is -0.668. The molecule has 1 aromatic heterocycles. The normalized spacial score (nSPS) is 10.8. The highest BCUT2D eigenvalue weighted by Crippen LogP contribution is 2.41. The van der Waals surface area contributed by atoms with Crippen LogP contribution in [0.15, 0.2) is 43.0 Å². The first-order chi connectivity index (χ1) is 18.1. The molecule has 4 aromatic rings. The van der Waals surface area contributed by atoms with Crippen LogP contribution in [0.4, 0.5) is 5.69 Å². The molecule has 0 saturated carbocycles. The summed E-state index contributed by atoms with van der Waals surface area (Å²) in [6.45, 7) is 3.88. The Bertz CT molecular complexity index is 1640. The molecule has 8 nitrogen and oxygen atoms in total. The number of hydrogen-bond acceptors (Lipinski definition) is 8.